The summed E-state index contributed by atoms with van der Waals surface area (Å²) in [5.41, 5.74) is 0.208. The molecule has 0 spiro atoms. The molecule has 3 fully saturated rings. The molecule has 1 aliphatic heterocycles. The molecule has 1 heterocycles. The number of nitrogens with zero attached hydrogens (tertiary/aromatic N) is 1. The van der Waals surface area contributed by atoms with Crippen LogP contribution in [0.2, 0.25) is 5.02 Å². The maximum atomic E-state index is 13.9. The van der Waals surface area contributed by atoms with Gasteiger partial charge in [-0.25, -0.2) is 13.1 Å². The van der Waals surface area contributed by atoms with Gasteiger partial charge in [-0.05, 0) is 68.6 Å². The Labute approximate surface area is 201 Å². The molecule has 1 aromatic rings. The molecule has 1 unspecified atom stereocenters. The third kappa shape index (κ3) is 5.56. The largest absolute Gasteiger partial charge is 0.394 e. The number of piperidine rings is 1. The van der Waals surface area contributed by atoms with Crippen molar-refractivity contribution in [3.8, 4) is 0 Å². The van der Waals surface area contributed by atoms with Crippen LogP contribution in [-0.4, -0.2) is 66.5 Å². The summed E-state index contributed by atoms with van der Waals surface area (Å²) in [5, 5.41) is 20.2. The number of benzene rings is 1. The number of rotatable bonds is 11. The normalized spacial score (nSPS) is 28.1. The van der Waals surface area contributed by atoms with E-state index in [4.69, 9.17) is 11.6 Å². The van der Waals surface area contributed by atoms with Gasteiger partial charge < -0.3 is 15.1 Å². The van der Waals surface area contributed by atoms with Crippen molar-refractivity contribution in [1.29, 1.82) is 0 Å². The summed E-state index contributed by atoms with van der Waals surface area (Å²) in [5.74, 6) is 0.234. The summed E-state index contributed by atoms with van der Waals surface area (Å²) in [6.45, 7) is 2.26. The number of likely N-dealkylation sites (tertiary alicyclic amines) is 1. The lowest BCUT2D eigenvalue weighted by Gasteiger charge is -2.49. The average Bonchev–Trinajstić information content (AvgIpc) is 3.68. The molecule has 3 aliphatic rings. The van der Waals surface area contributed by atoms with E-state index in [9.17, 15) is 23.4 Å². The van der Waals surface area contributed by atoms with Crippen molar-refractivity contribution < 1.29 is 23.4 Å². The quantitative estimate of drug-likeness (QED) is 0.435. The SMILES string of the molecule is CC[C@]1(CC(O)CO)C[C@H](c2cccc(Cl)c2)CN([C@H](CNS(=O)(=O)C2CC2)C2CC2)C1=O. The van der Waals surface area contributed by atoms with E-state index in [2.05, 4.69) is 4.72 Å². The third-order valence-corrected chi connectivity index (χ3v) is 9.78. The molecule has 0 aromatic heterocycles. The number of amides is 1. The van der Waals surface area contributed by atoms with Gasteiger partial charge in [0.1, 0.15) is 0 Å². The maximum Gasteiger partial charge on any atom is 0.229 e. The van der Waals surface area contributed by atoms with Crippen LogP contribution in [0.5, 0.6) is 0 Å². The van der Waals surface area contributed by atoms with Gasteiger partial charge >= 0.3 is 0 Å². The standard InChI is InChI=1S/C24H35ClN2O5S/c1-2-24(12-20(29)15-28)11-18(17-4-3-5-19(25)10-17)14-27(23(24)30)22(16-6-7-16)13-26-33(31,32)21-8-9-21/h3-5,10,16,18,20-22,26,28-29H,2,6-9,11-15H2,1H3/t18-,20?,22+,24+/m0/s1. The minimum Gasteiger partial charge on any atom is -0.394 e. The van der Waals surface area contributed by atoms with Gasteiger partial charge in [0.05, 0.1) is 23.4 Å². The number of sulfonamides is 1. The van der Waals surface area contributed by atoms with E-state index in [-0.39, 0.29) is 42.0 Å². The first kappa shape index (κ1) is 24.9. The Hall–Kier alpha value is -1.19. The minimum atomic E-state index is -3.35. The molecule has 9 heteroatoms. The molecule has 0 radical (unpaired) electrons. The van der Waals surface area contributed by atoms with Crippen molar-refractivity contribution in [2.75, 3.05) is 19.7 Å². The van der Waals surface area contributed by atoms with Crippen molar-refractivity contribution in [3.63, 3.8) is 0 Å². The lowest BCUT2D eigenvalue weighted by molar-refractivity contribution is -0.154. The van der Waals surface area contributed by atoms with E-state index in [1.807, 2.05) is 36.1 Å². The summed E-state index contributed by atoms with van der Waals surface area (Å²) in [6, 6.07) is 7.43. The molecule has 184 valence electrons. The van der Waals surface area contributed by atoms with Crippen molar-refractivity contribution in [2.45, 2.75) is 75.2 Å². The number of aliphatic hydroxyl groups excluding tert-OH is 2. The predicted octanol–water partition coefficient (Wildman–Crippen LogP) is 2.66. The Kier molecular flexibility index (Phi) is 7.41. The number of aliphatic hydroxyl groups is 2. The Morgan fingerprint density at radius 3 is 2.58 bits per heavy atom. The molecule has 7 nitrogen and oxygen atoms in total. The van der Waals surface area contributed by atoms with E-state index in [0.717, 1.165) is 18.4 Å². The number of nitrogens with one attached hydrogen (secondary N) is 1. The summed E-state index contributed by atoms with van der Waals surface area (Å²) < 4.78 is 27.8. The molecule has 2 saturated carbocycles. The number of carbonyl (C=O) groups is 1. The maximum absolute atomic E-state index is 13.9. The van der Waals surface area contributed by atoms with Gasteiger partial charge in [-0.3, -0.25) is 4.79 Å². The smallest absolute Gasteiger partial charge is 0.229 e. The van der Waals surface area contributed by atoms with Crippen LogP contribution in [0.25, 0.3) is 0 Å². The van der Waals surface area contributed by atoms with E-state index in [0.29, 0.717) is 37.3 Å². The van der Waals surface area contributed by atoms with Gasteiger partial charge in [-0.15, -0.1) is 0 Å². The molecule has 4 atom stereocenters. The van der Waals surface area contributed by atoms with Crippen molar-refractivity contribution in [1.82, 2.24) is 9.62 Å². The molecule has 33 heavy (non-hydrogen) atoms. The fraction of sp³-hybridized carbons (Fsp3) is 0.708. The summed E-state index contributed by atoms with van der Waals surface area (Å²) in [6.07, 6.45) is 3.61. The average molecular weight is 499 g/mol. The second-order valence-electron chi connectivity index (χ2n) is 10.1. The van der Waals surface area contributed by atoms with Crippen LogP contribution in [0.15, 0.2) is 24.3 Å². The highest BCUT2D eigenvalue weighted by atomic mass is 35.5. The second kappa shape index (κ2) is 9.82. The van der Waals surface area contributed by atoms with Crippen LogP contribution in [-0.2, 0) is 14.8 Å². The number of carbonyl (C=O) groups excluding carboxylic acids is 1. The van der Waals surface area contributed by atoms with Crippen LogP contribution in [0.4, 0.5) is 0 Å². The summed E-state index contributed by atoms with van der Waals surface area (Å²) >= 11 is 6.27. The van der Waals surface area contributed by atoms with E-state index >= 15 is 0 Å². The van der Waals surface area contributed by atoms with Crippen LogP contribution >= 0.6 is 11.6 Å². The summed E-state index contributed by atoms with van der Waals surface area (Å²) in [7, 11) is -3.35. The van der Waals surface area contributed by atoms with Crippen LogP contribution in [0.1, 0.15) is 63.4 Å². The van der Waals surface area contributed by atoms with Crippen molar-refractivity contribution in [3.05, 3.63) is 34.9 Å². The minimum absolute atomic E-state index is 0.00790. The zero-order chi connectivity index (χ0) is 23.8. The lowest BCUT2D eigenvalue weighted by atomic mass is 9.67. The highest BCUT2D eigenvalue weighted by molar-refractivity contribution is 7.90. The number of hydrogen-bond acceptors (Lipinski definition) is 5. The van der Waals surface area contributed by atoms with Crippen LogP contribution < -0.4 is 4.72 Å². The zero-order valence-corrected chi connectivity index (χ0v) is 20.7. The van der Waals surface area contributed by atoms with E-state index in [1.165, 1.54) is 0 Å². The third-order valence-electron chi connectivity index (χ3n) is 7.63. The van der Waals surface area contributed by atoms with Gasteiger partial charge in [-0.1, -0.05) is 30.7 Å². The summed E-state index contributed by atoms with van der Waals surface area (Å²) in [4.78, 5) is 15.8. The molecular formula is C24H35ClN2O5S. The van der Waals surface area contributed by atoms with Gasteiger partial charge in [0.15, 0.2) is 0 Å². The Bertz CT molecular complexity index is 965. The van der Waals surface area contributed by atoms with Crippen LogP contribution in [0, 0.1) is 11.3 Å². The van der Waals surface area contributed by atoms with Crippen molar-refractivity contribution >= 4 is 27.5 Å². The van der Waals surface area contributed by atoms with E-state index < -0.39 is 28.1 Å². The van der Waals surface area contributed by atoms with E-state index in [1.54, 1.807) is 0 Å². The van der Waals surface area contributed by atoms with Gasteiger partial charge in [0, 0.05) is 30.1 Å². The molecule has 1 amide bonds. The topological polar surface area (TPSA) is 107 Å². The first-order valence-electron chi connectivity index (χ1n) is 12.0. The van der Waals surface area contributed by atoms with Gasteiger partial charge in [-0.2, -0.15) is 0 Å². The van der Waals surface area contributed by atoms with Crippen molar-refractivity contribution in [2.24, 2.45) is 11.3 Å². The molecule has 3 N–H and O–H groups in total. The highest BCUT2D eigenvalue weighted by Crippen LogP contribution is 2.48. The molecule has 4 rings (SSSR count). The molecule has 0 bridgehead atoms. The fourth-order valence-corrected chi connectivity index (χ4v) is 6.95. The first-order chi connectivity index (χ1) is 15.7. The molecule has 1 saturated heterocycles. The molecule has 1 aromatic carbocycles. The fourth-order valence-electron chi connectivity index (χ4n) is 5.35. The number of hydrogen-bond donors (Lipinski definition) is 3. The van der Waals surface area contributed by atoms with Crippen LogP contribution in [0.3, 0.4) is 0 Å². The monoisotopic (exact) mass is 498 g/mol. The Morgan fingerprint density at radius 1 is 1.27 bits per heavy atom. The predicted molar refractivity (Wildman–Crippen MR) is 127 cm³/mol. The Balaban J connectivity index is 1.65. The zero-order valence-electron chi connectivity index (χ0n) is 19.1. The molecule has 2 aliphatic carbocycles. The first-order valence-corrected chi connectivity index (χ1v) is 14.0. The highest BCUT2D eigenvalue weighted by Gasteiger charge is 2.51. The lowest BCUT2D eigenvalue weighted by Crippen LogP contribution is -2.58. The van der Waals surface area contributed by atoms with Gasteiger partial charge in [0.25, 0.3) is 0 Å². The van der Waals surface area contributed by atoms with Gasteiger partial charge in [0.2, 0.25) is 15.9 Å². The second-order valence-corrected chi connectivity index (χ2v) is 12.6. The Morgan fingerprint density at radius 2 is 2.00 bits per heavy atom. The molecular weight excluding hydrogens is 464 g/mol. The number of halogens is 1.